The molecule has 0 saturated heterocycles. The third kappa shape index (κ3) is 6.17. The summed E-state index contributed by atoms with van der Waals surface area (Å²) in [6, 6.07) is 16.8. The zero-order valence-corrected chi connectivity index (χ0v) is 20.2. The lowest BCUT2D eigenvalue weighted by molar-refractivity contribution is -0.119. The van der Waals surface area contributed by atoms with Crippen LogP contribution in [0.15, 0.2) is 71.6 Å². The minimum atomic E-state index is -4.18. The molecule has 6 N–H and O–H groups in total. The number of aromatic carboxylic acids is 1. The number of carbonyl (C=O) groups excluding carboxylic acids is 1. The molecule has 0 unspecified atom stereocenters. The van der Waals surface area contributed by atoms with Gasteiger partial charge in [0.15, 0.2) is 0 Å². The Morgan fingerprint density at radius 3 is 2.26 bits per heavy atom. The molecule has 0 spiro atoms. The van der Waals surface area contributed by atoms with Gasteiger partial charge in [0.1, 0.15) is 6.54 Å². The Morgan fingerprint density at radius 2 is 1.63 bits per heavy atom. The van der Waals surface area contributed by atoms with Crippen LogP contribution in [0.4, 0.5) is 5.69 Å². The van der Waals surface area contributed by atoms with Gasteiger partial charge in [-0.2, -0.15) is 0 Å². The van der Waals surface area contributed by atoms with Gasteiger partial charge in [0, 0.05) is 30.2 Å². The van der Waals surface area contributed by atoms with Crippen molar-refractivity contribution in [3.05, 3.63) is 94.0 Å². The van der Waals surface area contributed by atoms with Crippen molar-refractivity contribution in [3.8, 4) is 0 Å². The fourth-order valence-corrected chi connectivity index (χ4v) is 5.11. The van der Waals surface area contributed by atoms with Crippen molar-refractivity contribution in [2.45, 2.75) is 24.5 Å². The Hall–Kier alpha value is -3.44. The first-order valence-corrected chi connectivity index (χ1v) is 12.4. The van der Waals surface area contributed by atoms with E-state index in [0.29, 0.717) is 11.1 Å². The second-order valence-corrected chi connectivity index (χ2v) is 9.85. The van der Waals surface area contributed by atoms with Crippen LogP contribution in [0.5, 0.6) is 0 Å². The number of hydrogen-bond acceptors (Lipinski definition) is 6. The molecule has 0 aliphatic heterocycles. The standard InChI is InChI=1S/C24H25ClN4O5S/c25-21-5-2-6-22(20(21)13-27)29(35(33,34)19-9-7-16(12-26)8-10-19)15-23(30)28-14-17-3-1-4-18(11-17)24(31)32/h1-11H,12-15,26-27H2,(H,28,30)(H,31,32). The Morgan fingerprint density at radius 1 is 0.943 bits per heavy atom. The molecule has 0 aliphatic carbocycles. The van der Waals surface area contributed by atoms with Crippen LogP contribution in [-0.4, -0.2) is 31.9 Å². The third-order valence-corrected chi connectivity index (χ3v) is 7.39. The molecule has 0 radical (unpaired) electrons. The molecule has 0 bridgehead atoms. The van der Waals surface area contributed by atoms with E-state index < -0.39 is 28.4 Å². The molecule has 0 aromatic heterocycles. The first-order valence-electron chi connectivity index (χ1n) is 10.6. The monoisotopic (exact) mass is 516 g/mol. The number of sulfonamides is 1. The second-order valence-electron chi connectivity index (χ2n) is 7.58. The van der Waals surface area contributed by atoms with Crippen molar-refractivity contribution in [1.29, 1.82) is 0 Å². The van der Waals surface area contributed by atoms with Gasteiger partial charge in [-0.3, -0.25) is 9.10 Å². The molecule has 0 atom stereocenters. The van der Waals surface area contributed by atoms with Crippen LogP contribution in [0.25, 0.3) is 0 Å². The number of carboxylic acid groups (broad SMARTS) is 1. The number of carbonyl (C=O) groups is 2. The van der Waals surface area contributed by atoms with Crippen LogP contribution in [0, 0.1) is 0 Å². The highest BCUT2D eigenvalue weighted by Gasteiger charge is 2.29. The Kier molecular flexibility index (Phi) is 8.47. The molecule has 184 valence electrons. The van der Waals surface area contributed by atoms with Crippen LogP contribution >= 0.6 is 11.6 Å². The number of nitrogens with one attached hydrogen (secondary N) is 1. The number of nitrogens with two attached hydrogens (primary N) is 2. The number of hydrogen-bond donors (Lipinski definition) is 4. The minimum Gasteiger partial charge on any atom is -0.478 e. The van der Waals surface area contributed by atoms with E-state index in [-0.39, 0.29) is 40.8 Å². The van der Waals surface area contributed by atoms with Crippen LogP contribution in [0.1, 0.15) is 27.0 Å². The average Bonchev–Trinajstić information content (AvgIpc) is 2.86. The predicted molar refractivity (Wildman–Crippen MR) is 133 cm³/mol. The number of anilines is 1. The van der Waals surface area contributed by atoms with E-state index in [1.807, 2.05) is 0 Å². The zero-order chi connectivity index (χ0) is 25.6. The summed E-state index contributed by atoms with van der Waals surface area (Å²) in [6.07, 6.45) is 0. The summed E-state index contributed by atoms with van der Waals surface area (Å²) in [5.41, 5.74) is 13.4. The first-order chi connectivity index (χ1) is 16.7. The van der Waals surface area contributed by atoms with Crippen LogP contribution in [-0.2, 0) is 34.5 Å². The Balaban J connectivity index is 1.93. The number of nitrogens with zero attached hydrogens (tertiary/aromatic N) is 1. The van der Waals surface area contributed by atoms with E-state index in [1.165, 1.54) is 30.3 Å². The van der Waals surface area contributed by atoms with Gasteiger partial charge >= 0.3 is 5.97 Å². The van der Waals surface area contributed by atoms with E-state index in [4.69, 9.17) is 28.2 Å². The fourth-order valence-electron chi connectivity index (χ4n) is 3.41. The van der Waals surface area contributed by atoms with Gasteiger partial charge in [-0.15, -0.1) is 0 Å². The minimum absolute atomic E-state index is 0.0122. The Bertz CT molecular complexity index is 1330. The van der Waals surface area contributed by atoms with Gasteiger partial charge in [0.2, 0.25) is 5.91 Å². The van der Waals surface area contributed by atoms with E-state index in [9.17, 15) is 18.0 Å². The molecule has 1 amide bonds. The highest BCUT2D eigenvalue weighted by Crippen LogP contribution is 2.31. The maximum absolute atomic E-state index is 13.6. The van der Waals surface area contributed by atoms with Gasteiger partial charge < -0.3 is 21.9 Å². The number of carboxylic acids is 1. The first kappa shape index (κ1) is 26.2. The van der Waals surface area contributed by atoms with Crippen LogP contribution in [0.3, 0.4) is 0 Å². The molecule has 0 aliphatic rings. The van der Waals surface area contributed by atoms with E-state index in [2.05, 4.69) is 5.32 Å². The lowest BCUT2D eigenvalue weighted by Crippen LogP contribution is -2.41. The topological polar surface area (TPSA) is 156 Å². The number of rotatable bonds is 10. The van der Waals surface area contributed by atoms with Gasteiger partial charge in [-0.25, -0.2) is 13.2 Å². The maximum atomic E-state index is 13.6. The van der Waals surface area contributed by atoms with Gasteiger partial charge in [-0.1, -0.05) is 41.9 Å². The average molecular weight is 517 g/mol. The molecule has 11 heteroatoms. The van der Waals surface area contributed by atoms with Crippen LogP contribution < -0.4 is 21.1 Å². The predicted octanol–water partition coefficient (Wildman–Crippen LogP) is 2.47. The number of amides is 1. The van der Waals surface area contributed by atoms with Gasteiger partial charge in [0.05, 0.1) is 16.1 Å². The highest BCUT2D eigenvalue weighted by molar-refractivity contribution is 7.92. The van der Waals surface area contributed by atoms with E-state index in [1.54, 1.807) is 36.4 Å². The van der Waals surface area contributed by atoms with Crippen LogP contribution in [0.2, 0.25) is 5.02 Å². The quantitative estimate of drug-likeness (QED) is 0.322. The molecule has 3 aromatic rings. The Labute approximate surface area is 208 Å². The molecule has 0 heterocycles. The molecule has 35 heavy (non-hydrogen) atoms. The largest absolute Gasteiger partial charge is 0.478 e. The molecular weight excluding hydrogens is 492 g/mol. The summed E-state index contributed by atoms with van der Waals surface area (Å²) in [5, 5.41) is 12.1. The summed E-state index contributed by atoms with van der Waals surface area (Å²) < 4.78 is 28.2. The van der Waals surface area contributed by atoms with Gasteiger partial charge in [0.25, 0.3) is 10.0 Å². The summed E-state index contributed by atoms with van der Waals surface area (Å²) >= 11 is 6.26. The van der Waals surface area contributed by atoms with E-state index >= 15 is 0 Å². The smallest absolute Gasteiger partial charge is 0.335 e. The molecule has 0 fully saturated rings. The molecule has 9 nitrogen and oxygen atoms in total. The maximum Gasteiger partial charge on any atom is 0.335 e. The SMILES string of the molecule is NCc1ccc(S(=O)(=O)N(CC(=O)NCc2cccc(C(=O)O)c2)c2cccc(Cl)c2CN)cc1. The lowest BCUT2D eigenvalue weighted by Gasteiger charge is -2.26. The second kappa shape index (κ2) is 11.3. The van der Waals surface area contributed by atoms with Crippen molar-refractivity contribution in [3.63, 3.8) is 0 Å². The van der Waals surface area contributed by atoms with Crippen molar-refractivity contribution < 1.29 is 23.1 Å². The van der Waals surface area contributed by atoms with Crippen molar-refractivity contribution in [2.75, 3.05) is 10.8 Å². The summed E-state index contributed by atoms with van der Waals surface area (Å²) in [5.74, 6) is -1.69. The summed E-state index contributed by atoms with van der Waals surface area (Å²) in [4.78, 5) is 24.0. The normalized spacial score (nSPS) is 11.2. The summed E-state index contributed by atoms with van der Waals surface area (Å²) in [6.45, 7) is -0.330. The van der Waals surface area contributed by atoms with Crippen molar-refractivity contribution in [2.24, 2.45) is 11.5 Å². The highest BCUT2D eigenvalue weighted by atomic mass is 35.5. The summed E-state index contributed by atoms with van der Waals surface area (Å²) in [7, 11) is -4.18. The number of benzene rings is 3. The van der Waals surface area contributed by atoms with E-state index in [0.717, 1.165) is 9.87 Å². The molecule has 3 rings (SSSR count). The zero-order valence-electron chi connectivity index (χ0n) is 18.6. The van der Waals surface area contributed by atoms with Crippen molar-refractivity contribution >= 4 is 39.2 Å². The number of halogens is 1. The lowest BCUT2D eigenvalue weighted by atomic mass is 10.1. The van der Waals surface area contributed by atoms with Crippen molar-refractivity contribution in [1.82, 2.24) is 5.32 Å². The van der Waals surface area contributed by atoms with Gasteiger partial charge in [-0.05, 0) is 47.5 Å². The molecule has 0 saturated carbocycles. The molecule has 3 aromatic carbocycles. The fraction of sp³-hybridized carbons (Fsp3) is 0.167. The third-order valence-electron chi connectivity index (χ3n) is 5.26. The molecular formula is C24H25ClN4O5S.